The Morgan fingerprint density at radius 3 is 2.41 bits per heavy atom. The van der Waals surface area contributed by atoms with E-state index < -0.39 is 18.0 Å². The van der Waals surface area contributed by atoms with Crippen LogP contribution >= 0.6 is 0 Å². The lowest BCUT2D eigenvalue weighted by Crippen LogP contribution is -2.54. The molecule has 2 aromatic carbocycles. The summed E-state index contributed by atoms with van der Waals surface area (Å²) in [5.74, 6) is 0.291. The van der Waals surface area contributed by atoms with Crippen LogP contribution in [-0.2, 0) is 4.79 Å². The van der Waals surface area contributed by atoms with Gasteiger partial charge in [0.25, 0.3) is 17.7 Å². The fraction of sp³-hybridized carbons (Fsp3) is 0.318. The molecule has 0 aromatic heterocycles. The Morgan fingerprint density at radius 2 is 1.72 bits per heavy atom. The molecule has 2 aliphatic heterocycles. The SMILES string of the molecule is COc1cccc(C(=O)N2CCN(C(=O)c3ccc4c(c3)OCO4)C2C(=O)NCCN)c1. The van der Waals surface area contributed by atoms with Crippen LogP contribution in [0.4, 0.5) is 0 Å². The average Bonchev–Trinajstić information content (AvgIpc) is 3.48. The lowest BCUT2D eigenvalue weighted by molar-refractivity contribution is -0.128. The fourth-order valence-corrected chi connectivity index (χ4v) is 3.74. The molecule has 32 heavy (non-hydrogen) atoms. The number of nitrogens with zero attached hydrogens (tertiary/aromatic N) is 2. The first-order valence-electron chi connectivity index (χ1n) is 10.2. The number of carbonyl (C=O) groups excluding carboxylic acids is 3. The van der Waals surface area contributed by atoms with Crippen molar-refractivity contribution >= 4 is 17.7 Å². The van der Waals surface area contributed by atoms with Crippen molar-refractivity contribution in [2.45, 2.75) is 6.17 Å². The molecular weight excluding hydrogens is 416 g/mol. The molecule has 10 heteroatoms. The van der Waals surface area contributed by atoms with Crippen molar-refractivity contribution in [1.82, 2.24) is 15.1 Å². The van der Waals surface area contributed by atoms with E-state index in [1.165, 1.54) is 16.9 Å². The Hall–Kier alpha value is -3.79. The lowest BCUT2D eigenvalue weighted by Gasteiger charge is -2.29. The highest BCUT2D eigenvalue weighted by Gasteiger charge is 2.43. The number of ether oxygens (including phenoxy) is 3. The molecule has 10 nitrogen and oxygen atoms in total. The Kier molecular flexibility index (Phi) is 6.13. The van der Waals surface area contributed by atoms with E-state index in [4.69, 9.17) is 19.9 Å². The van der Waals surface area contributed by atoms with E-state index in [1.807, 2.05) is 0 Å². The second-order valence-electron chi connectivity index (χ2n) is 7.25. The van der Waals surface area contributed by atoms with Crippen molar-refractivity contribution in [1.29, 1.82) is 0 Å². The first kappa shape index (κ1) is 21.4. The predicted molar refractivity (Wildman–Crippen MR) is 113 cm³/mol. The third-order valence-corrected chi connectivity index (χ3v) is 5.31. The van der Waals surface area contributed by atoms with Gasteiger partial charge in [0.2, 0.25) is 6.79 Å². The molecule has 0 saturated carbocycles. The van der Waals surface area contributed by atoms with E-state index >= 15 is 0 Å². The molecule has 1 saturated heterocycles. The zero-order chi connectivity index (χ0) is 22.7. The maximum absolute atomic E-state index is 13.3. The van der Waals surface area contributed by atoms with Crippen LogP contribution in [0, 0.1) is 0 Å². The maximum atomic E-state index is 13.3. The van der Waals surface area contributed by atoms with Gasteiger partial charge in [-0.3, -0.25) is 14.4 Å². The van der Waals surface area contributed by atoms with Gasteiger partial charge in [-0.25, -0.2) is 0 Å². The molecule has 0 bridgehead atoms. The van der Waals surface area contributed by atoms with Crippen LogP contribution < -0.4 is 25.3 Å². The zero-order valence-electron chi connectivity index (χ0n) is 17.6. The van der Waals surface area contributed by atoms with Crippen LogP contribution in [0.2, 0.25) is 0 Å². The minimum Gasteiger partial charge on any atom is -0.497 e. The van der Waals surface area contributed by atoms with E-state index in [-0.39, 0.29) is 38.9 Å². The van der Waals surface area contributed by atoms with Gasteiger partial charge in [-0.1, -0.05) is 6.07 Å². The second-order valence-corrected chi connectivity index (χ2v) is 7.25. The third-order valence-electron chi connectivity index (χ3n) is 5.31. The van der Waals surface area contributed by atoms with Crippen molar-refractivity contribution in [3.63, 3.8) is 0 Å². The van der Waals surface area contributed by atoms with Gasteiger partial charge < -0.3 is 35.1 Å². The summed E-state index contributed by atoms with van der Waals surface area (Å²) in [6, 6.07) is 11.5. The summed E-state index contributed by atoms with van der Waals surface area (Å²) in [5.41, 5.74) is 6.21. The summed E-state index contributed by atoms with van der Waals surface area (Å²) in [5, 5.41) is 2.69. The summed E-state index contributed by atoms with van der Waals surface area (Å²) in [7, 11) is 1.51. The van der Waals surface area contributed by atoms with Crippen molar-refractivity contribution < 1.29 is 28.6 Å². The monoisotopic (exact) mass is 440 g/mol. The Morgan fingerprint density at radius 1 is 1.03 bits per heavy atom. The van der Waals surface area contributed by atoms with E-state index in [9.17, 15) is 14.4 Å². The molecular formula is C22H24N4O6. The van der Waals surface area contributed by atoms with E-state index in [2.05, 4.69) is 5.32 Å². The topological polar surface area (TPSA) is 123 Å². The number of rotatable bonds is 6. The Bertz CT molecular complexity index is 1040. The molecule has 1 fully saturated rings. The second kappa shape index (κ2) is 9.15. The smallest absolute Gasteiger partial charge is 0.263 e. The standard InChI is InChI=1S/C22H24N4O6/c1-30-16-4-2-3-14(11-16)21(28)25-9-10-26(20(25)19(27)24-8-7-23)22(29)15-5-6-17-18(12-15)32-13-31-17/h2-6,11-12,20H,7-10,13,23H2,1H3,(H,24,27). The van der Waals surface area contributed by atoms with Crippen LogP contribution in [-0.4, -0.2) is 73.8 Å². The summed E-state index contributed by atoms with van der Waals surface area (Å²) in [4.78, 5) is 42.3. The molecule has 3 N–H and O–H groups in total. The van der Waals surface area contributed by atoms with Gasteiger partial charge in [0, 0.05) is 37.3 Å². The van der Waals surface area contributed by atoms with E-state index in [0.29, 0.717) is 28.4 Å². The molecule has 0 aliphatic carbocycles. The number of hydrogen-bond donors (Lipinski definition) is 2. The Labute approximate surface area is 184 Å². The summed E-state index contributed by atoms with van der Waals surface area (Å²) >= 11 is 0. The number of nitrogens with one attached hydrogen (secondary N) is 1. The molecule has 168 valence electrons. The van der Waals surface area contributed by atoms with Crippen molar-refractivity contribution in [2.24, 2.45) is 5.73 Å². The first-order chi connectivity index (χ1) is 15.5. The van der Waals surface area contributed by atoms with Gasteiger partial charge in [-0.15, -0.1) is 0 Å². The quantitative estimate of drug-likeness (QED) is 0.667. The molecule has 2 heterocycles. The molecule has 0 radical (unpaired) electrons. The number of carbonyl (C=O) groups is 3. The largest absolute Gasteiger partial charge is 0.497 e. The highest BCUT2D eigenvalue weighted by atomic mass is 16.7. The lowest BCUT2D eigenvalue weighted by atomic mass is 10.1. The molecule has 1 unspecified atom stereocenters. The normalized spacial score (nSPS) is 16.8. The van der Waals surface area contributed by atoms with Gasteiger partial charge in [-0.2, -0.15) is 0 Å². The summed E-state index contributed by atoms with van der Waals surface area (Å²) in [6.45, 7) is 0.946. The minimum atomic E-state index is -1.11. The van der Waals surface area contributed by atoms with Crippen LogP contribution in [0.1, 0.15) is 20.7 Å². The average molecular weight is 440 g/mol. The van der Waals surface area contributed by atoms with Gasteiger partial charge in [0.1, 0.15) is 5.75 Å². The number of methoxy groups -OCH3 is 1. The zero-order valence-corrected chi connectivity index (χ0v) is 17.6. The number of benzene rings is 2. The number of nitrogens with two attached hydrogens (primary N) is 1. The molecule has 2 aromatic rings. The molecule has 3 amide bonds. The molecule has 1 atom stereocenters. The van der Waals surface area contributed by atoms with E-state index in [1.54, 1.807) is 42.5 Å². The fourth-order valence-electron chi connectivity index (χ4n) is 3.74. The van der Waals surface area contributed by atoms with Gasteiger partial charge >= 0.3 is 0 Å². The van der Waals surface area contributed by atoms with Crippen molar-refractivity contribution in [3.05, 3.63) is 53.6 Å². The van der Waals surface area contributed by atoms with Gasteiger partial charge in [-0.05, 0) is 36.4 Å². The van der Waals surface area contributed by atoms with Crippen LogP contribution in [0.5, 0.6) is 17.2 Å². The molecule has 4 rings (SSSR count). The van der Waals surface area contributed by atoms with Crippen molar-refractivity contribution in [3.8, 4) is 17.2 Å². The number of amides is 3. The highest BCUT2D eigenvalue weighted by Crippen LogP contribution is 2.33. The van der Waals surface area contributed by atoms with Crippen molar-refractivity contribution in [2.75, 3.05) is 40.1 Å². The third kappa shape index (κ3) is 4.04. The first-order valence-corrected chi connectivity index (χ1v) is 10.2. The van der Waals surface area contributed by atoms with Crippen LogP contribution in [0.25, 0.3) is 0 Å². The molecule has 0 spiro atoms. The predicted octanol–water partition coefficient (Wildman–Crippen LogP) is 0.423. The van der Waals surface area contributed by atoms with Gasteiger partial charge in [0.05, 0.1) is 7.11 Å². The van der Waals surface area contributed by atoms with Crippen LogP contribution in [0.15, 0.2) is 42.5 Å². The van der Waals surface area contributed by atoms with E-state index in [0.717, 1.165) is 0 Å². The molecule has 2 aliphatic rings. The van der Waals surface area contributed by atoms with Gasteiger partial charge in [0.15, 0.2) is 17.7 Å². The highest BCUT2D eigenvalue weighted by molar-refractivity contribution is 6.02. The summed E-state index contributed by atoms with van der Waals surface area (Å²) in [6.07, 6.45) is -1.11. The Balaban J connectivity index is 1.62. The summed E-state index contributed by atoms with van der Waals surface area (Å²) < 4.78 is 15.8. The maximum Gasteiger partial charge on any atom is 0.263 e. The van der Waals surface area contributed by atoms with Crippen LogP contribution in [0.3, 0.4) is 0 Å². The number of fused-ring (bicyclic) bond motifs is 1. The minimum absolute atomic E-state index is 0.0869. The number of hydrogen-bond acceptors (Lipinski definition) is 7.